The lowest BCUT2D eigenvalue weighted by Crippen LogP contribution is -2.20. The second-order valence-electron chi connectivity index (χ2n) is 4.22. The monoisotopic (exact) mass is 300 g/mol. The van der Waals surface area contributed by atoms with E-state index in [-0.39, 0.29) is 10.6 Å². The van der Waals surface area contributed by atoms with Crippen molar-refractivity contribution in [1.82, 2.24) is 5.32 Å². The van der Waals surface area contributed by atoms with Crippen molar-refractivity contribution in [2.45, 2.75) is 26.8 Å². The minimum Gasteiger partial charge on any atom is -0.312 e. The molecule has 0 bridgehead atoms. The van der Waals surface area contributed by atoms with Crippen LogP contribution in [0.1, 0.15) is 25.8 Å². The Balaban J connectivity index is 2.62. The standard InChI is InChI=1S/C12H17BrN2O2/c1-3-9(2)7-14-8-10-4-11(13)6-12(5-10)15(16)17/h4-6,9,14H,3,7-8H2,1-2H3. The van der Waals surface area contributed by atoms with Gasteiger partial charge < -0.3 is 5.32 Å². The Morgan fingerprint density at radius 3 is 2.76 bits per heavy atom. The van der Waals surface area contributed by atoms with Crippen molar-refractivity contribution in [3.63, 3.8) is 0 Å². The number of non-ortho nitro benzene ring substituents is 1. The number of hydrogen-bond acceptors (Lipinski definition) is 3. The summed E-state index contributed by atoms with van der Waals surface area (Å²) in [7, 11) is 0. The molecule has 1 rings (SSSR count). The molecule has 1 aromatic carbocycles. The van der Waals surface area contributed by atoms with Crippen LogP contribution < -0.4 is 5.32 Å². The fourth-order valence-electron chi connectivity index (χ4n) is 1.45. The molecule has 0 radical (unpaired) electrons. The van der Waals surface area contributed by atoms with E-state index in [2.05, 4.69) is 35.1 Å². The summed E-state index contributed by atoms with van der Waals surface area (Å²) in [5, 5.41) is 14.0. The van der Waals surface area contributed by atoms with Gasteiger partial charge in [-0.3, -0.25) is 10.1 Å². The molecule has 0 fully saturated rings. The van der Waals surface area contributed by atoms with Crippen LogP contribution in [-0.2, 0) is 6.54 Å². The molecule has 4 nitrogen and oxygen atoms in total. The van der Waals surface area contributed by atoms with E-state index in [9.17, 15) is 10.1 Å². The number of halogens is 1. The normalized spacial score (nSPS) is 12.4. The number of nitrogens with one attached hydrogen (secondary N) is 1. The molecule has 1 atom stereocenters. The van der Waals surface area contributed by atoms with Crippen LogP contribution in [-0.4, -0.2) is 11.5 Å². The molecule has 0 aliphatic carbocycles. The van der Waals surface area contributed by atoms with Gasteiger partial charge in [0.2, 0.25) is 0 Å². The first-order valence-electron chi connectivity index (χ1n) is 5.67. The maximum Gasteiger partial charge on any atom is 0.270 e. The molecule has 17 heavy (non-hydrogen) atoms. The summed E-state index contributed by atoms with van der Waals surface area (Å²) < 4.78 is 0.743. The highest BCUT2D eigenvalue weighted by molar-refractivity contribution is 9.10. The molecule has 0 saturated heterocycles. The van der Waals surface area contributed by atoms with E-state index in [0.717, 1.165) is 23.0 Å². The number of hydrogen-bond donors (Lipinski definition) is 1. The Hall–Kier alpha value is -0.940. The van der Waals surface area contributed by atoms with Crippen molar-refractivity contribution in [1.29, 1.82) is 0 Å². The molecule has 5 heteroatoms. The van der Waals surface area contributed by atoms with Crippen molar-refractivity contribution in [2.24, 2.45) is 5.92 Å². The molecule has 0 heterocycles. The van der Waals surface area contributed by atoms with Crippen LogP contribution in [0.25, 0.3) is 0 Å². The van der Waals surface area contributed by atoms with Gasteiger partial charge in [0.25, 0.3) is 5.69 Å². The van der Waals surface area contributed by atoms with E-state index in [1.165, 1.54) is 6.07 Å². The third-order valence-corrected chi connectivity index (χ3v) is 3.13. The first kappa shape index (κ1) is 14.1. The van der Waals surface area contributed by atoms with Crippen LogP contribution in [0.4, 0.5) is 5.69 Å². The van der Waals surface area contributed by atoms with Gasteiger partial charge in [-0.05, 0) is 24.1 Å². The summed E-state index contributed by atoms with van der Waals surface area (Å²) >= 11 is 3.28. The summed E-state index contributed by atoms with van der Waals surface area (Å²) in [4.78, 5) is 10.3. The molecule has 0 amide bonds. The van der Waals surface area contributed by atoms with E-state index in [1.807, 2.05) is 6.07 Å². The maximum atomic E-state index is 10.7. The summed E-state index contributed by atoms with van der Waals surface area (Å²) in [6.07, 6.45) is 1.13. The van der Waals surface area contributed by atoms with E-state index < -0.39 is 0 Å². The summed E-state index contributed by atoms with van der Waals surface area (Å²) in [6, 6.07) is 5.02. The minimum atomic E-state index is -0.372. The number of nitrogens with zero attached hydrogens (tertiary/aromatic N) is 1. The minimum absolute atomic E-state index is 0.125. The zero-order chi connectivity index (χ0) is 12.8. The van der Waals surface area contributed by atoms with Crippen LogP contribution in [0.15, 0.2) is 22.7 Å². The summed E-state index contributed by atoms with van der Waals surface area (Å²) in [6.45, 7) is 5.91. The van der Waals surface area contributed by atoms with Crippen LogP contribution >= 0.6 is 15.9 Å². The zero-order valence-corrected chi connectivity index (χ0v) is 11.7. The largest absolute Gasteiger partial charge is 0.312 e. The molecular formula is C12H17BrN2O2. The fraction of sp³-hybridized carbons (Fsp3) is 0.500. The second-order valence-corrected chi connectivity index (χ2v) is 5.13. The molecule has 0 aromatic heterocycles. The lowest BCUT2D eigenvalue weighted by molar-refractivity contribution is -0.385. The highest BCUT2D eigenvalue weighted by Gasteiger charge is 2.08. The number of nitro benzene ring substituents is 1. The van der Waals surface area contributed by atoms with Crippen molar-refractivity contribution in [3.8, 4) is 0 Å². The molecule has 0 aliphatic rings. The first-order valence-corrected chi connectivity index (χ1v) is 6.46. The van der Waals surface area contributed by atoms with E-state index in [4.69, 9.17) is 0 Å². The van der Waals surface area contributed by atoms with Crippen LogP contribution in [0.3, 0.4) is 0 Å². The van der Waals surface area contributed by atoms with Crippen molar-refractivity contribution < 1.29 is 4.92 Å². The van der Waals surface area contributed by atoms with E-state index in [0.29, 0.717) is 12.5 Å². The predicted molar refractivity (Wildman–Crippen MR) is 72.0 cm³/mol. The number of nitro groups is 1. The van der Waals surface area contributed by atoms with Gasteiger partial charge in [-0.15, -0.1) is 0 Å². The Kier molecular flexibility index (Phi) is 5.58. The molecule has 1 aromatic rings. The van der Waals surface area contributed by atoms with Crippen LogP contribution in [0, 0.1) is 16.0 Å². The average Bonchev–Trinajstić information content (AvgIpc) is 2.28. The van der Waals surface area contributed by atoms with Gasteiger partial charge in [0.15, 0.2) is 0 Å². The average molecular weight is 301 g/mol. The number of rotatable bonds is 6. The lowest BCUT2D eigenvalue weighted by atomic mass is 10.1. The van der Waals surface area contributed by atoms with Crippen molar-refractivity contribution in [3.05, 3.63) is 38.3 Å². The highest BCUT2D eigenvalue weighted by atomic mass is 79.9. The van der Waals surface area contributed by atoms with Gasteiger partial charge >= 0.3 is 0 Å². The van der Waals surface area contributed by atoms with Crippen molar-refractivity contribution >= 4 is 21.6 Å². The Morgan fingerprint density at radius 2 is 2.18 bits per heavy atom. The second kappa shape index (κ2) is 6.71. The van der Waals surface area contributed by atoms with Crippen molar-refractivity contribution in [2.75, 3.05) is 6.54 Å². The Labute approximate surface area is 110 Å². The molecule has 1 N–H and O–H groups in total. The first-order chi connectivity index (χ1) is 8.02. The van der Waals surface area contributed by atoms with E-state index >= 15 is 0 Å². The van der Waals surface area contributed by atoms with Crippen LogP contribution in [0.5, 0.6) is 0 Å². The van der Waals surface area contributed by atoms with Gasteiger partial charge in [0.05, 0.1) is 4.92 Å². The molecule has 0 saturated carbocycles. The van der Waals surface area contributed by atoms with Gasteiger partial charge in [0.1, 0.15) is 0 Å². The molecule has 0 spiro atoms. The summed E-state index contributed by atoms with van der Waals surface area (Å²) in [5.74, 6) is 0.622. The SMILES string of the molecule is CCC(C)CNCc1cc(Br)cc([N+](=O)[O-])c1. The molecule has 0 aliphatic heterocycles. The summed E-state index contributed by atoms with van der Waals surface area (Å²) in [5.41, 5.74) is 1.05. The quantitative estimate of drug-likeness (QED) is 0.646. The maximum absolute atomic E-state index is 10.7. The van der Waals surface area contributed by atoms with Gasteiger partial charge in [-0.1, -0.05) is 36.2 Å². The highest BCUT2D eigenvalue weighted by Crippen LogP contribution is 2.21. The van der Waals surface area contributed by atoms with Crippen LogP contribution in [0.2, 0.25) is 0 Å². The smallest absolute Gasteiger partial charge is 0.270 e. The molecule has 1 unspecified atom stereocenters. The predicted octanol–water partition coefficient (Wildman–Crippen LogP) is 3.49. The lowest BCUT2D eigenvalue weighted by Gasteiger charge is -2.10. The van der Waals surface area contributed by atoms with Gasteiger partial charge in [0, 0.05) is 23.2 Å². The Morgan fingerprint density at radius 1 is 1.47 bits per heavy atom. The zero-order valence-electron chi connectivity index (χ0n) is 10.1. The Bertz CT molecular complexity index is 396. The number of benzene rings is 1. The molecule has 94 valence electrons. The van der Waals surface area contributed by atoms with Gasteiger partial charge in [-0.2, -0.15) is 0 Å². The third-order valence-electron chi connectivity index (χ3n) is 2.67. The fourth-order valence-corrected chi connectivity index (χ4v) is 1.98. The molecular weight excluding hydrogens is 284 g/mol. The van der Waals surface area contributed by atoms with Gasteiger partial charge in [-0.25, -0.2) is 0 Å². The topological polar surface area (TPSA) is 55.2 Å². The third kappa shape index (κ3) is 4.83. The van der Waals surface area contributed by atoms with E-state index in [1.54, 1.807) is 6.07 Å².